The predicted molar refractivity (Wildman–Crippen MR) is 73.2 cm³/mol. The van der Waals surface area contributed by atoms with Crippen molar-refractivity contribution in [3.63, 3.8) is 0 Å². The van der Waals surface area contributed by atoms with E-state index in [1.807, 2.05) is 12.1 Å². The number of hydrogen-bond acceptors (Lipinski definition) is 2. The van der Waals surface area contributed by atoms with Crippen LogP contribution in [0.4, 0.5) is 4.39 Å². The molecule has 0 heterocycles. The van der Waals surface area contributed by atoms with E-state index in [0.717, 1.165) is 12.1 Å². The van der Waals surface area contributed by atoms with Crippen LogP contribution < -0.4 is 5.32 Å². The maximum atomic E-state index is 13.6. The zero-order valence-electron chi connectivity index (χ0n) is 11.8. The van der Waals surface area contributed by atoms with Gasteiger partial charge in [0.1, 0.15) is 5.82 Å². The van der Waals surface area contributed by atoms with Crippen LogP contribution in [0.1, 0.15) is 26.3 Å². The molecule has 0 bridgehead atoms. The summed E-state index contributed by atoms with van der Waals surface area (Å²) in [7, 11) is 1.69. The van der Waals surface area contributed by atoms with Crippen molar-refractivity contribution in [3.8, 4) is 0 Å². The number of hydrogen-bond donors (Lipinski definition) is 1. The Balaban J connectivity index is 2.60. The average molecular weight is 253 g/mol. The summed E-state index contributed by atoms with van der Waals surface area (Å²) in [6.07, 6.45) is 0.698. The second kappa shape index (κ2) is 6.86. The van der Waals surface area contributed by atoms with Crippen molar-refractivity contribution in [3.05, 3.63) is 35.6 Å². The van der Waals surface area contributed by atoms with Crippen molar-refractivity contribution in [2.45, 2.75) is 32.7 Å². The molecule has 1 atom stereocenters. The van der Waals surface area contributed by atoms with E-state index < -0.39 is 0 Å². The summed E-state index contributed by atoms with van der Waals surface area (Å²) in [6.45, 7) is 7.84. The summed E-state index contributed by atoms with van der Waals surface area (Å²) >= 11 is 0. The molecule has 0 aliphatic heterocycles. The van der Waals surface area contributed by atoms with E-state index in [1.165, 1.54) is 6.07 Å². The van der Waals surface area contributed by atoms with Crippen LogP contribution in [0, 0.1) is 11.7 Å². The molecule has 1 aromatic rings. The first kappa shape index (κ1) is 15.1. The molecule has 0 fully saturated rings. The Morgan fingerprint density at radius 1 is 1.28 bits per heavy atom. The highest BCUT2D eigenvalue weighted by Crippen LogP contribution is 2.13. The number of ether oxygens (including phenoxy) is 1. The Kier molecular flexibility index (Phi) is 5.76. The molecule has 1 N–H and O–H groups in total. The Bertz CT molecular complexity index is 360. The second-order valence-electron chi connectivity index (χ2n) is 5.75. The zero-order valence-corrected chi connectivity index (χ0v) is 11.8. The minimum absolute atomic E-state index is 0.0707. The summed E-state index contributed by atoms with van der Waals surface area (Å²) in [6, 6.07) is 6.95. The highest BCUT2D eigenvalue weighted by molar-refractivity contribution is 5.17. The first-order valence-electron chi connectivity index (χ1n) is 6.40. The van der Waals surface area contributed by atoms with E-state index in [-0.39, 0.29) is 17.3 Å². The number of rotatable bonds is 6. The Hall–Kier alpha value is -0.930. The highest BCUT2D eigenvalue weighted by Gasteiger charge is 2.16. The third-order valence-electron chi connectivity index (χ3n) is 2.79. The van der Waals surface area contributed by atoms with Crippen molar-refractivity contribution >= 4 is 0 Å². The van der Waals surface area contributed by atoms with Gasteiger partial charge in [-0.2, -0.15) is 0 Å². The first-order valence-corrected chi connectivity index (χ1v) is 6.40. The van der Waals surface area contributed by atoms with Crippen molar-refractivity contribution in [2.24, 2.45) is 5.92 Å². The summed E-state index contributed by atoms with van der Waals surface area (Å²) in [5.74, 6) is 0.153. The molecular weight excluding hydrogens is 229 g/mol. The largest absolute Gasteiger partial charge is 0.384 e. The predicted octanol–water partition coefficient (Wildman–Crippen LogP) is 3.02. The lowest BCUT2D eigenvalue weighted by Crippen LogP contribution is -2.40. The monoisotopic (exact) mass is 253 g/mol. The van der Waals surface area contributed by atoms with Crippen LogP contribution in [0.25, 0.3) is 0 Å². The molecule has 0 aliphatic rings. The third-order valence-corrected chi connectivity index (χ3v) is 2.79. The van der Waals surface area contributed by atoms with Crippen molar-refractivity contribution in [2.75, 3.05) is 20.3 Å². The van der Waals surface area contributed by atoms with Gasteiger partial charge in [0.25, 0.3) is 0 Å². The molecule has 3 heteroatoms. The molecule has 18 heavy (non-hydrogen) atoms. The van der Waals surface area contributed by atoms with Gasteiger partial charge in [-0.05, 0) is 44.7 Å². The van der Waals surface area contributed by atoms with Crippen LogP contribution in [-0.4, -0.2) is 25.8 Å². The number of halogens is 1. The van der Waals surface area contributed by atoms with Gasteiger partial charge in [-0.25, -0.2) is 4.39 Å². The molecule has 0 saturated heterocycles. The van der Waals surface area contributed by atoms with Crippen LogP contribution in [0.3, 0.4) is 0 Å². The zero-order chi connectivity index (χ0) is 13.6. The van der Waals surface area contributed by atoms with Crippen molar-refractivity contribution < 1.29 is 9.13 Å². The Labute approximate surface area is 110 Å². The third kappa shape index (κ3) is 5.61. The van der Waals surface area contributed by atoms with E-state index in [2.05, 4.69) is 26.1 Å². The molecule has 1 rings (SSSR count). The number of methoxy groups -OCH3 is 1. The van der Waals surface area contributed by atoms with Gasteiger partial charge < -0.3 is 10.1 Å². The van der Waals surface area contributed by atoms with Crippen LogP contribution in [0.15, 0.2) is 24.3 Å². The standard InChI is InChI=1S/C15H24FNO/c1-15(2,3)17-10-12(11-18-4)9-13-7-5-6-8-14(13)16/h5-8,12,17H,9-11H2,1-4H3. The van der Waals surface area contributed by atoms with Gasteiger partial charge in [-0.15, -0.1) is 0 Å². The molecule has 102 valence electrons. The van der Waals surface area contributed by atoms with E-state index in [4.69, 9.17) is 4.74 Å². The smallest absolute Gasteiger partial charge is 0.126 e. The summed E-state index contributed by atoms with van der Waals surface area (Å²) in [5.41, 5.74) is 0.830. The summed E-state index contributed by atoms with van der Waals surface area (Å²) < 4.78 is 18.8. The molecule has 0 saturated carbocycles. The number of nitrogens with one attached hydrogen (secondary N) is 1. The van der Waals surface area contributed by atoms with E-state index in [9.17, 15) is 4.39 Å². The normalized spacial score (nSPS) is 13.6. The minimum Gasteiger partial charge on any atom is -0.384 e. The lowest BCUT2D eigenvalue weighted by atomic mass is 9.98. The average Bonchev–Trinajstić information content (AvgIpc) is 2.28. The molecule has 0 aliphatic carbocycles. The van der Waals surface area contributed by atoms with E-state index in [0.29, 0.717) is 13.0 Å². The summed E-state index contributed by atoms with van der Waals surface area (Å²) in [5, 5.41) is 3.44. The quantitative estimate of drug-likeness (QED) is 0.841. The topological polar surface area (TPSA) is 21.3 Å². The van der Waals surface area contributed by atoms with Crippen LogP contribution in [0.5, 0.6) is 0 Å². The first-order chi connectivity index (χ1) is 8.42. The van der Waals surface area contributed by atoms with Crippen molar-refractivity contribution in [1.29, 1.82) is 0 Å². The molecule has 0 radical (unpaired) electrons. The fraction of sp³-hybridized carbons (Fsp3) is 0.600. The highest BCUT2D eigenvalue weighted by atomic mass is 19.1. The fourth-order valence-corrected chi connectivity index (χ4v) is 1.85. The van der Waals surface area contributed by atoms with Gasteiger partial charge in [-0.3, -0.25) is 0 Å². The SMILES string of the molecule is COCC(CNC(C)(C)C)Cc1ccccc1F. The lowest BCUT2D eigenvalue weighted by molar-refractivity contribution is 0.146. The molecule has 0 amide bonds. The van der Waals surface area contributed by atoms with Crippen LogP contribution >= 0.6 is 0 Å². The fourth-order valence-electron chi connectivity index (χ4n) is 1.85. The molecule has 0 aromatic heterocycles. The maximum absolute atomic E-state index is 13.6. The molecule has 1 unspecified atom stereocenters. The Morgan fingerprint density at radius 3 is 2.50 bits per heavy atom. The molecule has 2 nitrogen and oxygen atoms in total. The second-order valence-corrected chi connectivity index (χ2v) is 5.75. The van der Waals surface area contributed by atoms with E-state index in [1.54, 1.807) is 13.2 Å². The molecule has 0 spiro atoms. The number of benzene rings is 1. The Morgan fingerprint density at radius 2 is 1.94 bits per heavy atom. The van der Waals surface area contributed by atoms with E-state index >= 15 is 0 Å². The van der Waals surface area contributed by atoms with Crippen LogP contribution in [-0.2, 0) is 11.2 Å². The van der Waals surface area contributed by atoms with Crippen LogP contribution in [0.2, 0.25) is 0 Å². The van der Waals surface area contributed by atoms with Gasteiger partial charge in [0.2, 0.25) is 0 Å². The van der Waals surface area contributed by atoms with Gasteiger partial charge in [0.05, 0.1) is 6.61 Å². The molecular formula is C15H24FNO. The summed E-state index contributed by atoms with van der Waals surface area (Å²) in [4.78, 5) is 0. The van der Waals surface area contributed by atoms with Gasteiger partial charge in [-0.1, -0.05) is 18.2 Å². The van der Waals surface area contributed by atoms with Gasteiger partial charge >= 0.3 is 0 Å². The van der Waals surface area contributed by atoms with Gasteiger partial charge in [0, 0.05) is 19.2 Å². The van der Waals surface area contributed by atoms with Gasteiger partial charge in [0.15, 0.2) is 0 Å². The lowest BCUT2D eigenvalue weighted by Gasteiger charge is -2.25. The molecule has 1 aromatic carbocycles. The van der Waals surface area contributed by atoms with Crippen molar-refractivity contribution in [1.82, 2.24) is 5.32 Å². The maximum Gasteiger partial charge on any atom is 0.126 e. The minimum atomic E-state index is -0.130.